The van der Waals surface area contributed by atoms with Crippen LogP contribution in [-0.2, 0) is 78.6 Å². The predicted molar refractivity (Wildman–Crippen MR) is 292 cm³/mol. The third-order valence-corrected chi connectivity index (χ3v) is 16.8. The number of aromatic nitrogens is 4. The van der Waals surface area contributed by atoms with Gasteiger partial charge in [-0.25, -0.2) is 42.1 Å². The number of rotatable bonds is 2. The van der Waals surface area contributed by atoms with Crippen LogP contribution in [0.4, 0.5) is 9.59 Å². The number of hydrogen-bond acceptors (Lipinski definition) is 14. The maximum atomic E-state index is 13.9. The molecule has 0 unspecified atom stereocenters. The van der Waals surface area contributed by atoms with E-state index >= 15 is 0 Å². The second-order valence-electron chi connectivity index (χ2n) is 24.7. The fourth-order valence-electron chi connectivity index (χ4n) is 12.0. The number of para-hydroxylation sites is 4. The number of carbonyl (C=O) groups excluding carboxylic acids is 6. The average Bonchev–Trinajstić information content (AvgIpc) is 3.69. The molecule has 18 nitrogen and oxygen atoms in total. The molecule has 2 saturated carbocycles. The molecule has 6 aliphatic rings. The summed E-state index contributed by atoms with van der Waals surface area (Å²) in [6.45, 7) is 15.5. The van der Waals surface area contributed by atoms with E-state index in [-0.39, 0.29) is 86.1 Å². The van der Waals surface area contributed by atoms with Crippen LogP contribution in [0, 0.1) is 34.5 Å². The minimum absolute atomic E-state index is 0. The molecule has 2 aromatic heterocycles. The quantitative estimate of drug-likeness (QED) is 0.179. The van der Waals surface area contributed by atoms with Crippen LogP contribution in [0.3, 0.4) is 0 Å². The molecule has 430 valence electrons. The Hall–Kier alpha value is -5.29. The Balaban J connectivity index is 0.000000226. The first-order valence-corrected chi connectivity index (χ1v) is 28.5. The number of carbonyl (C=O) groups is 4. The van der Waals surface area contributed by atoms with Crippen molar-refractivity contribution in [1.82, 2.24) is 40.4 Å². The van der Waals surface area contributed by atoms with E-state index in [0.717, 1.165) is 123 Å². The van der Waals surface area contributed by atoms with E-state index in [4.69, 9.17) is 38.9 Å². The molecule has 0 spiro atoms. The van der Waals surface area contributed by atoms with Gasteiger partial charge in [0.2, 0.25) is 23.6 Å². The Bertz CT molecular complexity index is 2850. The molecule has 2 aromatic carbocycles. The van der Waals surface area contributed by atoms with Crippen molar-refractivity contribution in [1.29, 1.82) is 0 Å². The molecule has 10 rings (SSSR count). The number of fused-ring (bicyclic) bond motifs is 10. The van der Waals surface area contributed by atoms with Crippen molar-refractivity contribution in [3.8, 4) is 11.8 Å². The Kier molecular flexibility index (Phi) is 20.8. The van der Waals surface area contributed by atoms with Gasteiger partial charge in [-0.1, -0.05) is 117 Å². The van der Waals surface area contributed by atoms with Gasteiger partial charge in [0.25, 0.3) is 0 Å². The molecule has 6 heterocycles. The van der Waals surface area contributed by atoms with Crippen molar-refractivity contribution in [3.63, 3.8) is 0 Å². The van der Waals surface area contributed by atoms with Gasteiger partial charge in [-0.05, 0) is 123 Å². The van der Waals surface area contributed by atoms with Crippen LogP contribution in [-0.4, -0.2) is 128 Å². The summed E-state index contributed by atoms with van der Waals surface area (Å²) in [5, 5.41) is 5.66. The Morgan fingerprint density at radius 2 is 0.900 bits per heavy atom. The first kappa shape index (κ1) is 62.3. The van der Waals surface area contributed by atoms with Gasteiger partial charge in [0.15, 0.2) is 0 Å². The van der Waals surface area contributed by atoms with Gasteiger partial charge >= 0.3 is 12.2 Å². The fourth-order valence-corrected chi connectivity index (χ4v) is 12.0. The van der Waals surface area contributed by atoms with E-state index < -0.39 is 59.4 Å². The first-order valence-electron chi connectivity index (χ1n) is 28.5. The third kappa shape index (κ3) is 14.5. The number of aryl methyl sites for hydroxylation is 2. The summed E-state index contributed by atoms with van der Waals surface area (Å²) in [4.78, 5) is 100. The molecule has 2 N–H and O–H groups in total. The first-order chi connectivity index (χ1) is 37.3. The van der Waals surface area contributed by atoms with Crippen LogP contribution in [0.5, 0.6) is 11.8 Å². The van der Waals surface area contributed by atoms with Crippen molar-refractivity contribution >= 4 is 58.6 Å². The summed E-state index contributed by atoms with van der Waals surface area (Å²) in [6.07, 6.45) is 15.0. The van der Waals surface area contributed by atoms with E-state index in [1.165, 1.54) is 9.80 Å². The van der Waals surface area contributed by atoms with Crippen LogP contribution < -0.4 is 20.1 Å². The zero-order valence-corrected chi connectivity index (χ0v) is 50.3. The zero-order valence-electron chi connectivity index (χ0n) is 47.5. The van der Waals surface area contributed by atoms with Gasteiger partial charge in [0.1, 0.15) is 47.9 Å². The van der Waals surface area contributed by atoms with Crippen molar-refractivity contribution in [3.05, 3.63) is 59.9 Å². The van der Waals surface area contributed by atoms with Gasteiger partial charge < -0.3 is 49.0 Å². The van der Waals surface area contributed by atoms with Crippen molar-refractivity contribution in [2.75, 3.05) is 13.1 Å². The second kappa shape index (κ2) is 26.7. The number of alkyl carbamates (subject to hydrolysis) is 2. The van der Waals surface area contributed by atoms with Gasteiger partial charge in [0, 0.05) is 37.1 Å². The molecule has 4 aromatic rings. The number of amides is 4. The number of hydrogen-bond donors (Lipinski definition) is 2. The summed E-state index contributed by atoms with van der Waals surface area (Å²) < 4.78 is 24.5. The van der Waals surface area contributed by atoms with E-state index in [1.807, 2.05) is 110 Å². The number of ether oxygens (including phenoxy) is 4. The van der Waals surface area contributed by atoms with Gasteiger partial charge in [-0.2, -0.15) is 0 Å². The van der Waals surface area contributed by atoms with Crippen molar-refractivity contribution in [2.24, 2.45) is 34.5 Å². The molecule has 4 amide bonds. The predicted octanol–water partition coefficient (Wildman–Crippen LogP) is 8.73. The number of benzene rings is 2. The number of nitrogens with zero attached hydrogens (tertiary/aromatic N) is 6. The van der Waals surface area contributed by atoms with Crippen molar-refractivity contribution in [2.45, 2.75) is 194 Å². The molecule has 4 aliphatic heterocycles. The van der Waals surface area contributed by atoms with Crippen LogP contribution in [0.25, 0.3) is 22.1 Å². The normalized spacial score (nSPS) is 29.8. The second-order valence-corrected chi connectivity index (χ2v) is 24.7. The van der Waals surface area contributed by atoms with Gasteiger partial charge in [-0.3, -0.25) is 9.59 Å². The average molecular weight is 1170 g/mol. The van der Waals surface area contributed by atoms with E-state index in [1.54, 1.807) is 0 Å². The van der Waals surface area contributed by atoms with Gasteiger partial charge in [-0.15, -0.1) is 0 Å². The van der Waals surface area contributed by atoms with E-state index in [9.17, 15) is 28.8 Å². The Morgan fingerprint density at radius 1 is 0.500 bits per heavy atom. The molecule has 2 aliphatic carbocycles. The standard InChI is InChI=1S/C31H41N4O5.C29H37N4O5.2V/c1-19-24(18-36)35-17-26(19)39-28-23(32-21-13-8-9-14-22(21)33-28)15-7-5-6-11-20-12-10-16-25(20)40-30(38)34-27(29(35)37)31(2,3)4;1-17-22(16-34)33-15-24(17)37-26-21(30-19-11-8-9-12-20(19)31-26)13-7-5-6-10-18-14-23(18)38-28(36)32-25(27(33)35)29(2,3)4;;/h8-9,13-14,19-20,24-27H,5-7,10-12,15-17H2,1-4H3,(H,34,38);8-9,11-12,17-18,22-25H,5-7,10,13-15H2,1-4H3,(H,32,36);;/q2*-1;;/t19-,20+,24+,25+,26-,27+;17-,18+,22+,23+,24-,25+;;/m00../s1. The van der Waals surface area contributed by atoms with Crippen LogP contribution in [0.2, 0.25) is 0 Å². The van der Waals surface area contributed by atoms with Crippen LogP contribution in [0.1, 0.15) is 144 Å². The van der Waals surface area contributed by atoms with E-state index in [2.05, 4.69) is 16.9 Å². The summed E-state index contributed by atoms with van der Waals surface area (Å²) >= 11 is 0. The maximum Gasteiger partial charge on any atom is 0.408 e. The third-order valence-electron chi connectivity index (χ3n) is 16.8. The molecule has 4 fully saturated rings. The monoisotopic (exact) mass is 1170 g/mol. The van der Waals surface area contributed by atoms with Crippen molar-refractivity contribution < 1.29 is 84.8 Å². The Morgan fingerprint density at radius 3 is 1.32 bits per heavy atom. The summed E-state index contributed by atoms with van der Waals surface area (Å²) in [6, 6.07) is 12.1. The molecule has 20 heteroatoms. The summed E-state index contributed by atoms with van der Waals surface area (Å²) in [5.41, 5.74) is 3.48. The zero-order chi connectivity index (χ0) is 55.5. The molecule has 80 heavy (non-hydrogen) atoms. The number of nitrogens with one attached hydrogen (secondary N) is 2. The molecule has 2 saturated heterocycles. The summed E-state index contributed by atoms with van der Waals surface area (Å²) in [5.74, 6) is 0.260. The molecule has 2 radical (unpaired) electrons. The fraction of sp³-hybridized carbons (Fsp3) is 0.633. The van der Waals surface area contributed by atoms with Crippen LogP contribution in [0.15, 0.2) is 48.5 Å². The largest absolute Gasteiger partial charge is 0.540 e. The van der Waals surface area contributed by atoms with Crippen LogP contribution >= 0.6 is 0 Å². The minimum atomic E-state index is -0.878. The maximum absolute atomic E-state index is 13.9. The molecular weight excluding hydrogens is 1090 g/mol. The molecule has 12 atom stereocenters. The summed E-state index contributed by atoms with van der Waals surface area (Å²) in [7, 11) is 0. The van der Waals surface area contributed by atoms with Gasteiger partial charge in [0.05, 0.1) is 35.2 Å². The van der Waals surface area contributed by atoms with E-state index in [0.29, 0.717) is 23.6 Å². The topological polar surface area (TPSA) is 221 Å². The minimum Gasteiger partial charge on any atom is -0.540 e. The SMILES string of the molecule is C[C@@H]1[C@@H]2CN(C(=O)[C@H](C(C)(C)C)NC(=O)O[C@@H]3CCC[C@H]3CCCCCc3nc4ccccc4nc3O2)[C@@H]1[C-]=O.C[C@@H]1[C@@H]2CN(C(=O)[C@H](C(C)(C)C)NC(=O)O[C@@H]3C[C@H]3CCCCCc3nc4ccccc4nc3O2)[C@@H]1[C-]=O.[V].[V]. The Labute approximate surface area is 494 Å². The smallest absolute Gasteiger partial charge is 0.408 e. The molecular formula is C60H78N8O10V2-2. The molecule has 4 bridgehead atoms.